The van der Waals surface area contributed by atoms with Crippen LogP contribution in [0.5, 0.6) is 5.75 Å². The number of hydrogen-bond acceptors (Lipinski definition) is 3. The second-order valence-electron chi connectivity index (χ2n) is 2.62. The number of phenolic OH excluding ortho intramolecular Hbond substituents is 1. The minimum Gasteiger partial charge on any atom is -0.507 e. The standard InChI is InChI=1S/C8H9NO3/c1-6-2-3-7(5-9(11)12)8(10)4-6/h2-4,10H,5H2,1H3. The molecule has 0 atom stereocenters. The first-order valence-corrected chi connectivity index (χ1v) is 3.50. The number of nitro groups is 1. The molecule has 0 aromatic heterocycles. The van der Waals surface area contributed by atoms with Gasteiger partial charge < -0.3 is 5.11 Å². The fraction of sp³-hybridized carbons (Fsp3) is 0.250. The Labute approximate surface area is 69.6 Å². The molecule has 0 fully saturated rings. The molecule has 1 aromatic rings. The number of phenols is 1. The van der Waals surface area contributed by atoms with E-state index < -0.39 is 4.92 Å². The topological polar surface area (TPSA) is 63.4 Å². The molecule has 4 nitrogen and oxygen atoms in total. The van der Waals surface area contributed by atoms with Crippen LogP contribution in [0.25, 0.3) is 0 Å². The Hall–Kier alpha value is -1.58. The average Bonchev–Trinajstić information content (AvgIpc) is 1.94. The van der Waals surface area contributed by atoms with Gasteiger partial charge in [-0.1, -0.05) is 6.07 Å². The number of benzene rings is 1. The molecule has 4 heteroatoms. The molecule has 0 unspecified atom stereocenters. The highest BCUT2D eigenvalue weighted by atomic mass is 16.6. The predicted molar refractivity (Wildman–Crippen MR) is 43.5 cm³/mol. The molecular weight excluding hydrogens is 158 g/mol. The van der Waals surface area contributed by atoms with Crippen molar-refractivity contribution in [3.05, 3.63) is 39.4 Å². The van der Waals surface area contributed by atoms with Crippen LogP contribution in [0.1, 0.15) is 11.1 Å². The van der Waals surface area contributed by atoms with E-state index in [-0.39, 0.29) is 12.3 Å². The van der Waals surface area contributed by atoms with Crippen molar-refractivity contribution >= 4 is 0 Å². The summed E-state index contributed by atoms with van der Waals surface area (Å²) in [5.41, 5.74) is 1.24. The summed E-state index contributed by atoms with van der Waals surface area (Å²) in [6.45, 7) is 1.49. The van der Waals surface area contributed by atoms with Gasteiger partial charge in [0, 0.05) is 4.92 Å². The first-order chi connectivity index (χ1) is 5.59. The summed E-state index contributed by atoms with van der Waals surface area (Å²) in [5.74, 6) is -0.00769. The third-order valence-corrected chi connectivity index (χ3v) is 1.54. The fourth-order valence-electron chi connectivity index (χ4n) is 0.947. The molecule has 1 aromatic carbocycles. The lowest BCUT2D eigenvalue weighted by molar-refractivity contribution is -0.496. The normalized spacial score (nSPS) is 9.75. The maximum atomic E-state index is 10.1. The van der Waals surface area contributed by atoms with Gasteiger partial charge in [0.1, 0.15) is 5.75 Å². The lowest BCUT2D eigenvalue weighted by Gasteiger charge is -1.99. The van der Waals surface area contributed by atoms with E-state index in [2.05, 4.69) is 0 Å². The molecule has 1 N–H and O–H groups in total. The van der Waals surface area contributed by atoms with Crippen LogP contribution in [0.3, 0.4) is 0 Å². The largest absolute Gasteiger partial charge is 0.507 e. The van der Waals surface area contributed by atoms with Crippen LogP contribution >= 0.6 is 0 Å². The third kappa shape index (κ3) is 1.95. The molecule has 0 aliphatic carbocycles. The molecule has 0 amide bonds. The molecule has 0 aliphatic rings. The zero-order chi connectivity index (χ0) is 9.14. The molecule has 0 bridgehead atoms. The minimum absolute atomic E-state index is 0.00769. The van der Waals surface area contributed by atoms with Gasteiger partial charge >= 0.3 is 0 Å². The number of aryl methyl sites for hydroxylation is 1. The Kier molecular flexibility index (Phi) is 2.28. The van der Waals surface area contributed by atoms with Gasteiger partial charge in [0.25, 0.3) is 0 Å². The van der Waals surface area contributed by atoms with E-state index in [9.17, 15) is 15.2 Å². The maximum Gasteiger partial charge on any atom is 0.232 e. The lowest BCUT2D eigenvalue weighted by Crippen LogP contribution is -1.98. The van der Waals surface area contributed by atoms with E-state index in [0.717, 1.165) is 5.56 Å². The Morgan fingerprint density at radius 1 is 1.58 bits per heavy atom. The number of rotatable bonds is 2. The van der Waals surface area contributed by atoms with Crippen molar-refractivity contribution in [2.75, 3.05) is 0 Å². The summed E-state index contributed by atoms with van der Waals surface area (Å²) in [5, 5.41) is 19.3. The summed E-state index contributed by atoms with van der Waals surface area (Å²) in [4.78, 5) is 9.63. The van der Waals surface area contributed by atoms with Crippen molar-refractivity contribution in [1.82, 2.24) is 0 Å². The van der Waals surface area contributed by atoms with E-state index >= 15 is 0 Å². The van der Waals surface area contributed by atoms with Gasteiger partial charge in [0.2, 0.25) is 6.54 Å². The van der Waals surface area contributed by atoms with Crippen molar-refractivity contribution < 1.29 is 10.0 Å². The number of aromatic hydroxyl groups is 1. The second-order valence-corrected chi connectivity index (χ2v) is 2.62. The molecular formula is C8H9NO3. The molecule has 0 heterocycles. The molecule has 0 saturated heterocycles. The van der Waals surface area contributed by atoms with E-state index in [1.54, 1.807) is 12.1 Å². The summed E-state index contributed by atoms with van der Waals surface area (Å²) < 4.78 is 0. The van der Waals surface area contributed by atoms with Gasteiger partial charge in [-0.2, -0.15) is 0 Å². The van der Waals surface area contributed by atoms with Crippen molar-refractivity contribution in [2.24, 2.45) is 0 Å². The van der Waals surface area contributed by atoms with Crippen LogP contribution in [-0.2, 0) is 6.54 Å². The molecule has 0 aliphatic heterocycles. The van der Waals surface area contributed by atoms with Gasteiger partial charge in [0.05, 0.1) is 5.56 Å². The highest BCUT2D eigenvalue weighted by Gasteiger charge is 2.06. The minimum atomic E-state index is -0.468. The van der Waals surface area contributed by atoms with Gasteiger partial charge in [-0.05, 0) is 24.6 Å². The Balaban J connectivity index is 2.93. The molecule has 0 saturated carbocycles. The highest BCUT2D eigenvalue weighted by molar-refractivity contribution is 5.35. The third-order valence-electron chi connectivity index (χ3n) is 1.54. The lowest BCUT2D eigenvalue weighted by atomic mass is 10.1. The second kappa shape index (κ2) is 3.21. The smallest absolute Gasteiger partial charge is 0.232 e. The van der Waals surface area contributed by atoms with Crippen LogP contribution in [0.4, 0.5) is 0 Å². The van der Waals surface area contributed by atoms with Crippen molar-refractivity contribution in [1.29, 1.82) is 0 Å². The summed E-state index contributed by atoms with van der Waals surface area (Å²) >= 11 is 0. The van der Waals surface area contributed by atoms with Crippen LogP contribution in [0.15, 0.2) is 18.2 Å². The van der Waals surface area contributed by atoms with E-state index in [4.69, 9.17) is 0 Å². The number of hydrogen-bond donors (Lipinski definition) is 1. The van der Waals surface area contributed by atoms with Crippen LogP contribution in [0.2, 0.25) is 0 Å². The zero-order valence-corrected chi connectivity index (χ0v) is 6.65. The predicted octanol–water partition coefficient (Wildman–Crippen LogP) is 1.48. The summed E-state index contributed by atoms with van der Waals surface area (Å²) in [7, 11) is 0. The summed E-state index contributed by atoms with van der Waals surface area (Å²) in [6.07, 6.45) is 0. The Bertz CT molecular complexity index is 309. The van der Waals surface area contributed by atoms with Crippen LogP contribution in [0, 0.1) is 17.0 Å². The van der Waals surface area contributed by atoms with Crippen molar-refractivity contribution in [2.45, 2.75) is 13.5 Å². The van der Waals surface area contributed by atoms with E-state index in [1.807, 2.05) is 6.92 Å². The number of nitrogens with zero attached hydrogens (tertiary/aromatic N) is 1. The van der Waals surface area contributed by atoms with Crippen molar-refractivity contribution in [3.63, 3.8) is 0 Å². The van der Waals surface area contributed by atoms with Crippen LogP contribution in [-0.4, -0.2) is 10.0 Å². The quantitative estimate of drug-likeness (QED) is 0.536. The SMILES string of the molecule is Cc1ccc(C[N+](=O)[O-])c(O)c1. The molecule has 12 heavy (non-hydrogen) atoms. The maximum absolute atomic E-state index is 10.1. The zero-order valence-electron chi connectivity index (χ0n) is 6.65. The monoisotopic (exact) mass is 167 g/mol. The molecule has 0 radical (unpaired) electrons. The summed E-state index contributed by atoms with van der Waals surface area (Å²) in [6, 6.07) is 4.81. The van der Waals surface area contributed by atoms with Gasteiger partial charge in [0.15, 0.2) is 0 Å². The van der Waals surface area contributed by atoms with Gasteiger partial charge in [-0.15, -0.1) is 0 Å². The van der Waals surface area contributed by atoms with E-state index in [0.29, 0.717) is 5.56 Å². The molecule has 0 spiro atoms. The first kappa shape index (κ1) is 8.52. The fourth-order valence-corrected chi connectivity index (χ4v) is 0.947. The van der Waals surface area contributed by atoms with Crippen molar-refractivity contribution in [3.8, 4) is 5.75 Å². The molecule has 1 rings (SSSR count). The van der Waals surface area contributed by atoms with E-state index in [1.165, 1.54) is 6.07 Å². The van der Waals surface area contributed by atoms with Gasteiger partial charge in [-0.3, -0.25) is 10.1 Å². The van der Waals surface area contributed by atoms with Crippen LogP contribution < -0.4 is 0 Å². The first-order valence-electron chi connectivity index (χ1n) is 3.50. The molecule has 64 valence electrons. The Morgan fingerprint density at radius 3 is 2.75 bits per heavy atom. The Morgan fingerprint density at radius 2 is 2.25 bits per heavy atom. The van der Waals surface area contributed by atoms with Gasteiger partial charge in [-0.25, -0.2) is 0 Å². The average molecular weight is 167 g/mol. The highest BCUT2D eigenvalue weighted by Crippen LogP contribution is 2.18.